The first-order valence-electron chi connectivity index (χ1n) is 13.0. The third kappa shape index (κ3) is 4.59. The molecule has 1 aliphatic rings. The van der Waals surface area contributed by atoms with Gasteiger partial charge in [0.1, 0.15) is 23.7 Å². The predicted molar refractivity (Wildman–Crippen MR) is 147 cm³/mol. The van der Waals surface area contributed by atoms with Gasteiger partial charge in [0.15, 0.2) is 17.2 Å². The summed E-state index contributed by atoms with van der Waals surface area (Å²) < 4.78 is 19.9. The molecule has 0 bridgehead atoms. The normalized spacial score (nSPS) is 14.0. The van der Waals surface area contributed by atoms with E-state index < -0.39 is 0 Å². The Labute approximate surface area is 223 Å². The van der Waals surface area contributed by atoms with Gasteiger partial charge in [-0.2, -0.15) is 5.10 Å². The van der Waals surface area contributed by atoms with E-state index in [4.69, 9.17) is 9.72 Å². The Bertz CT molecular complexity index is 1790. The fourth-order valence-electron chi connectivity index (χ4n) is 5.08. The molecule has 39 heavy (non-hydrogen) atoms. The lowest BCUT2D eigenvalue weighted by Crippen LogP contribution is -2.25. The van der Waals surface area contributed by atoms with Crippen LogP contribution in [-0.4, -0.2) is 66.3 Å². The Balaban J connectivity index is 1.20. The highest BCUT2D eigenvalue weighted by Crippen LogP contribution is 2.31. The number of halogens is 1. The van der Waals surface area contributed by atoms with Crippen LogP contribution in [0.5, 0.6) is 5.75 Å². The Hall–Kier alpha value is -4.70. The Kier molecular flexibility index (Phi) is 5.93. The lowest BCUT2D eigenvalue weighted by molar-refractivity contribution is 0.237. The van der Waals surface area contributed by atoms with Gasteiger partial charge in [0.05, 0.1) is 22.9 Å². The van der Waals surface area contributed by atoms with Gasteiger partial charge in [0.2, 0.25) is 0 Å². The summed E-state index contributed by atoms with van der Waals surface area (Å²) in [6, 6.07) is 14.1. The summed E-state index contributed by atoms with van der Waals surface area (Å²) in [6.07, 6.45) is 7.70. The number of hydrogen-bond donors (Lipinski definition) is 2. The summed E-state index contributed by atoms with van der Waals surface area (Å²) in [7, 11) is 0. The molecule has 0 saturated carbocycles. The molecule has 0 radical (unpaired) electrons. The molecule has 0 atom stereocenters. The largest absolute Gasteiger partial charge is 0.491 e. The van der Waals surface area contributed by atoms with Crippen LogP contribution in [0.15, 0.2) is 67.1 Å². The summed E-state index contributed by atoms with van der Waals surface area (Å²) in [5.41, 5.74) is 6.37. The van der Waals surface area contributed by atoms with Gasteiger partial charge in [-0.05, 0) is 67.9 Å². The van der Waals surface area contributed by atoms with E-state index in [9.17, 15) is 4.39 Å². The monoisotopic (exact) mass is 520 g/mol. The summed E-state index contributed by atoms with van der Waals surface area (Å²) in [6.45, 7) is 3.83. The Morgan fingerprint density at radius 2 is 1.90 bits per heavy atom. The maximum atomic E-state index is 13.9. The van der Waals surface area contributed by atoms with Gasteiger partial charge < -0.3 is 9.72 Å². The van der Waals surface area contributed by atoms with E-state index in [1.54, 1.807) is 24.7 Å². The van der Waals surface area contributed by atoms with Crippen LogP contribution in [0.3, 0.4) is 0 Å². The number of aromatic nitrogens is 7. The van der Waals surface area contributed by atoms with Crippen molar-refractivity contribution in [2.75, 3.05) is 26.2 Å². The van der Waals surface area contributed by atoms with Crippen LogP contribution >= 0.6 is 0 Å². The zero-order valence-electron chi connectivity index (χ0n) is 21.1. The average molecular weight is 521 g/mol. The molecule has 0 aliphatic carbocycles. The smallest absolute Gasteiger partial charge is 0.178 e. The molecule has 6 aromatic rings. The first-order valence-corrected chi connectivity index (χ1v) is 13.0. The van der Waals surface area contributed by atoms with Gasteiger partial charge in [0, 0.05) is 30.1 Å². The molecule has 9 nitrogen and oxygen atoms in total. The first-order chi connectivity index (χ1) is 19.2. The highest BCUT2D eigenvalue weighted by molar-refractivity contribution is 5.94. The molecule has 0 unspecified atom stereocenters. The summed E-state index contributed by atoms with van der Waals surface area (Å²) >= 11 is 0. The molecule has 2 N–H and O–H groups in total. The number of rotatable bonds is 7. The number of fused-ring (bicyclic) bond motifs is 2. The number of ether oxygens (including phenoxy) is 1. The average Bonchev–Trinajstić information content (AvgIpc) is 3.72. The second-order valence-corrected chi connectivity index (χ2v) is 9.62. The van der Waals surface area contributed by atoms with Crippen LogP contribution in [0.25, 0.3) is 56.1 Å². The van der Waals surface area contributed by atoms with Crippen molar-refractivity contribution in [2.45, 2.75) is 12.8 Å². The number of benzene rings is 1. The molecule has 7 rings (SSSR count). The number of H-pyrrole nitrogens is 2. The molecule has 0 amide bonds. The molecule has 1 aromatic carbocycles. The van der Waals surface area contributed by atoms with Crippen molar-refractivity contribution < 1.29 is 9.13 Å². The van der Waals surface area contributed by atoms with E-state index in [0.29, 0.717) is 40.6 Å². The van der Waals surface area contributed by atoms with Crippen molar-refractivity contribution in [3.05, 3.63) is 72.9 Å². The van der Waals surface area contributed by atoms with Gasteiger partial charge in [-0.25, -0.2) is 19.3 Å². The zero-order chi connectivity index (χ0) is 26.2. The van der Waals surface area contributed by atoms with Gasteiger partial charge in [-0.15, -0.1) is 0 Å². The van der Waals surface area contributed by atoms with Gasteiger partial charge in [-0.1, -0.05) is 12.1 Å². The number of likely N-dealkylation sites (tertiary alicyclic amines) is 1. The summed E-state index contributed by atoms with van der Waals surface area (Å²) in [5.74, 6) is 0.936. The summed E-state index contributed by atoms with van der Waals surface area (Å²) in [5, 5.41) is 7.54. The number of nitrogens with one attached hydrogen (secondary N) is 2. The van der Waals surface area contributed by atoms with E-state index in [1.165, 1.54) is 25.0 Å². The van der Waals surface area contributed by atoms with Crippen molar-refractivity contribution in [2.24, 2.45) is 0 Å². The topological polar surface area (TPSA) is 108 Å². The molecule has 5 aromatic heterocycles. The number of nitrogens with zero attached hydrogens (tertiary/aromatic N) is 6. The third-order valence-corrected chi connectivity index (χ3v) is 7.04. The van der Waals surface area contributed by atoms with Crippen LogP contribution in [0.2, 0.25) is 0 Å². The molecular weight excluding hydrogens is 495 g/mol. The maximum absolute atomic E-state index is 13.9. The van der Waals surface area contributed by atoms with Crippen molar-refractivity contribution in [3.8, 4) is 39.7 Å². The van der Waals surface area contributed by atoms with Crippen molar-refractivity contribution in [3.63, 3.8) is 0 Å². The van der Waals surface area contributed by atoms with Crippen molar-refractivity contribution >= 4 is 22.2 Å². The van der Waals surface area contributed by atoms with Gasteiger partial charge in [0.25, 0.3) is 0 Å². The lowest BCUT2D eigenvalue weighted by atomic mass is 10.1. The maximum Gasteiger partial charge on any atom is 0.178 e. The number of pyridine rings is 3. The fourth-order valence-corrected chi connectivity index (χ4v) is 5.08. The fraction of sp³-hybridized carbons (Fsp3) is 0.207. The van der Waals surface area contributed by atoms with E-state index in [2.05, 4.69) is 35.0 Å². The second kappa shape index (κ2) is 9.88. The number of hydrogen-bond acceptors (Lipinski definition) is 7. The minimum Gasteiger partial charge on any atom is -0.491 e. The third-order valence-electron chi connectivity index (χ3n) is 7.04. The van der Waals surface area contributed by atoms with Crippen LogP contribution in [0.1, 0.15) is 12.8 Å². The number of imidazole rings is 1. The molecule has 10 heteroatoms. The standard InChI is InChI=1S/C29H25FN8O/c30-20-5-3-4-18(14-20)22-8-9-32-28-25(22)34-29(35-28)27-26-24(36-37-27)7-6-23(33-26)19-15-21(17-31-16-19)39-13-12-38-10-1-2-11-38/h3-9,14-17H,1-2,10-13H2,(H,36,37)(H,32,34,35). The van der Waals surface area contributed by atoms with Gasteiger partial charge >= 0.3 is 0 Å². The summed E-state index contributed by atoms with van der Waals surface area (Å²) in [4.78, 5) is 24.1. The van der Waals surface area contributed by atoms with E-state index in [1.807, 2.05) is 30.3 Å². The highest BCUT2D eigenvalue weighted by atomic mass is 19.1. The molecule has 1 saturated heterocycles. The van der Waals surface area contributed by atoms with Gasteiger partial charge in [-0.3, -0.25) is 15.0 Å². The lowest BCUT2D eigenvalue weighted by Gasteiger charge is -2.15. The highest BCUT2D eigenvalue weighted by Gasteiger charge is 2.18. The quantitative estimate of drug-likeness (QED) is 0.296. The Morgan fingerprint density at radius 1 is 0.974 bits per heavy atom. The molecule has 194 valence electrons. The molecule has 0 spiro atoms. The van der Waals surface area contributed by atoms with Crippen LogP contribution in [-0.2, 0) is 0 Å². The van der Waals surface area contributed by atoms with E-state index >= 15 is 0 Å². The Morgan fingerprint density at radius 3 is 2.79 bits per heavy atom. The minimum absolute atomic E-state index is 0.303. The second-order valence-electron chi connectivity index (χ2n) is 9.62. The molecule has 1 aliphatic heterocycles. The van der Waals surface area contributed by atoms with Crippen LogP contribution in [0, 0.1) is 5.82 Å². The first kappa shape index (κ1) is 23.4. The van der Waals surface area contributed by atoms with E-state index in [-0.39, 0.29) is 5.82 Å². The molecule has 6 heterocycles. The van der Waals surface area contributed by atoms with Crippen molar-refractivity contribution in [1.82, 2.24) is 40.0 Å². The number of aromatic amines is 2. The van der Waals surface area contributed by atoms with E-state index in [0.717, 1.165) is 47.5 Å². The van der Waals surface area contributed by atoms with Crippen LogP contribution in [0.4, 0.5) is 4.39 Å². The minimum atomic E-state index is -0.303. The predicted octanol–water partition coefficient (Wildman–Crippen LogP) is 5.24. The zero-order valence-corrected chi connectivity index (χ0v) is 21.1. The SMILES string of the molecule is Fc1cccc(-c2ccnc3nc(-c4n[nH]c5ccc(-c6cncc(OCCN7CCCC7)c6)nc45)[nH]c23)c1. The molecular formula is C29H25FN8O. The van der Waals surface area contributed by atoms with Crippen molar-refractivity contribution in [1.29, 1.82) is 0 Å². The molecule has 1 fully saturated rings. The van der Waals surface area contributed by atoms with Crippen LogP contribution < -0.4 is 4.74 Å².